The second-order valence-corrected chi connectivity index (χ2v) is 16.1. The zero-order valence-corrected chi connectivity index (χ0v) is 33.5. The Bertz CT molecular complexity index is 3850. The Morgan fingerprint density at radius 1 is 0.355 bits per heavy atom. The number of furan rings is 2. The lowest BCUT2D eigenvalue weighted by molar-refractivity contribution is 0.669. The fourth-order valence-electron chi connectivity index (χ4n) is 9.78. The predicted octanol–water partition coefficient (Wildman–Crippen LogP) is 16.5. The number of rotatable bonds is 6. The first-order valence-corrected chi connectivity index (χ1v) is 21.1. The number of anilines is 3. The molecule has 0 saturated heterocycles. The fraction of sp³-hybridized carbons (Fsp3) is 0. The molecule has 0 unspecified atom stereocenters. The van der Waals surface area contributed by atoms with E-state index in [2.05, 4.69) is 210 Å². The van der Waals surface area contributed by atoms with Crippen LogP contribution in [0.5, 0.6) is 0 Å². The van der Waals surface area contributed by atoms with Crippen molar-refractivity contribution in [3.8, 4) is 27.9 Å². The maximum Gasteiger partial charge on any atom is 0.145 e. The van der Waals surface area contributed by atoms with E-state index in [-0.39, 0.29) is 0 Å². The maximum absolute atomic E-state index is 6.97. The van der Waals surface area contributed by atoms with Gasteiger partial charge in [-0.2, -0.15) is 0 Å². The van der Waals surface area contributed by atoms with E-state index >= 15 is 0 Å². The lowest BCUT2D eigenvalue weighted by Crippen LogP contribution is -2.11. The van der Waals surface area contributed by atoms with Crippen molar-refractivity contribution >= 4 is 93.5 Å². The summed E-state index contributed by atoms with van der Waals surface area (Å²) in [5, 5.41) is 9.20. The molecule has 62 heavy (non-hydrogen) atoms. The largest absolute Gasteiger partial charge is 0.455 e. The maximum atomic E-state index is 6.97. The van der Waals surface area contributed by atoms with E-state index in [1.807, 2.05) is 18.2 Å². The molecule has 290 valence electrons. The molecule has 10 aromatic carbocycles. The second kappa shape index (κ2) is 13.6. The van der Waals surface area contributed by atoms with E-state index < -0.39 is 0 Å². The zero-order chi connectivity index (χ0) is 40.7. The Morgan fingerprint density at radius 3 is 1.71 bits per heavy atom. The number of para-hydroxylation sites is 5. The van der Waals surface area contributed by atoms with Gasteiger partial charge < -0.3 is 18.3 Å². The van der Waals surface area contributed by atoms with Gasteiger partial charge in [0.2, 0.25) is 0 Å². The van der Waals surface area contributed by atoms with E-state index in [4.69, 9.17) is 8.83 Å². The second-order valence-electron chi connectivity index (χ2n) is 16.1. The summed E-state index contributed by atoms with van der Waals surface area (Å²) in [4.78, 5) is 2.39. The van der Waals surface area contributed by atoms with Gasteiger partial charge in [-0.1, -0.05) is 146 Å². The van der Waals surface area contributed by atoms with E-state index in [9.17, 15) is 0 Å². The van der Waals surface area contributed by atoms with Gasteiger partial charge in [0, 0.05) is 60.5 Å². The summed E-state index contributed by atoms with van der Waals surface area (Å²) in [6, 6.07) is 78.0. The van der Waals surface area contributed by atoms with Crippen LogP contribution in [-0.4, -0.2) is 4.57 Å². The molecule has 0 N–H and O–H groups in total. The van der Waals surface area contributed by atoms with Gasteiger partial charge in [-0.05, 0) is 94.7 Å². The van der Waals surface area contributed by atoms with Gasteiger partial charge >= 0.3 is 0 Å². The SMILES string of the molecule is c1cc(-c2cccc3c2oc2ccccc23)cc(N(c2ccc3ccccc3c2)c2ccc3c(oc4ccccc43)c2-c2cccc(-n3c4ccccc4c4ccccc43)c2)c1. The highest BCUT2D eigenvalue weighted by molar-refractivity contribution is 6.14. The Labute approximate surface area is 356 Å². The van der Waals surface area contributed by atoms with Gasteiger partial charge in [0.1, 0.15) is 22.3 Å². The molecule has 0 bridgehead atoms. The Morgan fingerprint density at radius 2 is 0.935 bits per heavy atom. The molecule has 0 aliphatic carbocycles. The van der Waals surface area contributed by atoms with Crippen molar-refractivity contribution in [2.75, 3.05) is 4.90 Å². The summed E-state index contributed by atoms with van der Waals surface area (Å²) in [6.07, 6.45) is 0. The Kier molecular flexibility index (Phi) is 7.57. The molecule has 0 spiro atoms. The third-order valence-corrected chi connectivity index (χ3v) is 12.5. The average Bonchev–Trinajstić information content (AvgIpc) is 4.01. The first kappa shape index (κ1) is 34.5. The number of benzene rings is 10. The van der Waals surface area contributed by atoms with Crippen molar-refractivity contribution in [2.45, 2.75) is 0 Å². The van der Waals surface area contributed by atoms with Crippen LogP contribution in [0.4, 0.5) is 17.1 Å². The molecule has 3 heterocycles. The van der Waals surface area contributed by atoms with Gasteiger partial charge in [0.05, 0.1) is 16.7 Å². The molecule has 13 aromatic rings. The van der Waals surface area contributed by atoms with Crippen LogP contribution in [0.2, 0.25) is 0 Å². The number of hydrogen-bond acceptors (Lipinski definition) is 3. The first-order valence-electron chi connectivity index (χ1n) is 21.1. The van der Waals surface area contributed by atoms with Crippen molar-refractivity contribution in [3.05, 3.63) is 218 Å². The van der Waals surface area contributed by atoms with Crippen LogP contribution in [-0.2, 0) is 0 Å². The molecule has 0 amide bonds. The molecule has 0 saturated carbocycles. The van der Waals surface area contributed by atoms with Crippen LogP contribution in [0.3, 0.4) is 0 Å². The molecular weight excluding hydrogens is 757 g/mol. The molecule has 4 heteroatoms. The van der Waals surface area contributed by atoms with Gasteiger partial charge in [-0.15, -0.1) is 0 Å². The number of nitrogens with zero attached hydrogens (tertiary/aromatic N) is 2. The fourth-order valence-corrected chi connectivity index (χ4v) is 9.78. The van der Waals surface area contributed by atoms with Crippen molar-refractivity contribution in [1.29, 1.82) is 0 Å². The highest BCUT2D eigenvalue weighted by Crippen LogP contribution is 2.48. The minimum absolute atomic E-state index is 0.844. The van der Waals surface area contributed by atoms with Gasteiger partial charge in [-0.25, -0.2) is 0 Å². The monoisotopic (exact) mass is 792 g/mol. The third-order valence-electron chi connectivity index (χ3n) is 12.5. The molecule has 3 aromatic heterocycles. The zero-order valence-electron chi connectivity index (χ0n) is 33.5. The highest BCUT2D eigenvalue weighted by atomic mass is 16.3. The predicted molar refractivity (Wildman–Crippen MR) is 258 cm³/mol. The Balaban J connectivity index is 1.08. The van der Waals surface area contributed by atoms with Crippen LogP contribution in [0, 0.1) is 0 Å². The van der Waals surface area contributed by atoms with Crippen LogP contribution in [0.1, 0.15) is 0 Å². The topological polar surface area (TPSA) is 34.5 Å². The van der Waals surface area contributed by atoms with Crippen molar-refractivity contribution in [1.82, 2.24) is 4.57 Å². The summed E-state index contributed by atoms with van der Waals surface area (Å²) in [7, 11) is 0. The normalized spacial score (nSPS) is 11.9. The smallest absolute Gasteiger partial charge is 0.145 e. The van der Waals surface area contributed by atoms with Crippen LogP contribution in [0.15, 0.2) is 227 Å². The summed E-state index contributed by atoms with van der Waals surface area (Å²) in [5.74, 6) is 0. The molecular formula is C58H36N2O2. The summed E-state index contributed by atoms with van der Waals surface area (Å²) >= 11 is 0. The number of hydrogen-bond donors (Lipinski definition) is 0. The number of aromatic nitrogens is 1. The number of fused-ring (bicyclic) bond motifs is 10. The minimum atomic E-state index is 0.844. The quantitative estimate of drug-likeness (QED) is 0.168. The van der Waals surface area contributed by atoms with Gasteiger partial charge in [0.25, 0.3) is 0 Å². The van der Waals surface area contributed by atoms with Crippen LogP contribution in [0.25, 0.3) is 104 Å². The van der Waals surface area contributed by atoms with Crippen molar-refractivity contribution < 1.29 is 8.83 Å². The lowest BCUT2D eigenvalue weighted by Gasteiger charge is -2.29. The van der Waals surface area contributed by atoms with E-state index in [0.717, 1.165) is 94.3 Å². The van der Waals surface area contributed by atoms with Crippen LogP contribution < -0.4 is 4.90 Å². The third kappa shape index (κ3) is 5.27. The molecule has 13 rings (SSSR count). The Hall–Kier alpha value is -8.34. The van der Waals surface area contributed by atoms with Crippen molar-refractivity contribution in [3.63, 3.8) is 0 Å². The summed E-state index contributed by atoms with van der Waals surface area (Å²) in [5.41, 5.74) is 14.1. The average molecular weight is 793 g/mol. The minimum Gasteiger partial charge on any atom is -0.455 e. The van der Waals surface area contributed by atoms with E-state index in [1.165, 1.54) is 27.2 Å². The standard InChI is InChI=1S/C58H36N2O2/c1-2-15-38-34-43(31-30-37(38)14-1)59(41-18-11-16-39(35-41)44-24-13-25-49-47-22-5-9-28-54(47)61-57(44)49)53-33-32-50-48-23-6-10-29-55(48)62-58(50)56(53)40-17-12-19-42(36-40)60-51-26-7-3-20-45(51)46-21-4-8-27-52(46)60/h1-36H. The molecule has 4 nitrogen and oxygen atoms in total. The van der Waals surface area contributed by atoms with E-state index in [0.29, 0.717) is 0 Å². The van der Waals surface area contributed by atoms with Crippen molar-refractivity contribution in [2.24, 2.45) is 0 Å². The summed E-state index contributed by atoms with van der Waals surface area (Å²) in [6.45, 7) is 0. The lowest BCUT2D eigenvalue weighted by atomic mass is 9.97. The molecule has 0 aliphatic heterocycles. The van der Waals surface area contributed by atoms with Gasteiger partial charge in [0.15, 0.2) is 0 Å². The highest BCUT2D eigenvalue weighted by Gasteiger charge is 2.24. The van der Waals surface area contributed by atoms with Crippen LogP contribution >= 0.6 is 0 Å². The molecule has 0 atom stereocenters. The van der Waals surface area contributed by atoms with Gasteiger partial charge in [-0.3, -0.25) is 0 Å². The van der Waals surface area contributed by atoms with E-state index in [1.54, 1.807) is 0 Å². The molecule has 0 fully saturated rings. The summed E-state index contributed by atoms with van der Waals surface area (Å²) < 4.78 is 15.9. The molecule has 0 radical (unpaired) electrons. The molecule has 0 aliphatic rings. The first-order chi connectivity index (χ1) is 30.7.